The van der Waals surface area contributed by atoms with Crippen LogP contribution in [-0.2, 0) is 4.79 Å². The Hall–Kier alpha value is -1.51. The molecule has 0 unspecified atom stereocenters. The minimum atomic E-state index is -0.895. The molecule has 0 aromatic heterocycles. The maximum Gasteiger partial charge on any atom is 0.317 e. The van der Waals surface area contributed by atoms with Crippen LogP contribution < -0.4 is 4.74 Å². The summed E-state index contributed by atoms with van der Waals surface area (Å²) >= 11 is 3.33. The smallest absolute Gasteiger partial charge is 0.317 e. The minimum Gasteiger partial charge on any atom is -0.492 e. The van der Waals surface area contributed by atoms with Crippen molar-refractivity contribution in [3.63, 3.8) is 0 Å². The van der Waals surface area contributed by atoms with Crippen molar-refractivity contribution >= 4 is 21.9 Å². The van der Waals surface area contributed by atoms with Gasteiger partial charge in [0.2, 0.25) is 0 Å². The van der Waals surface area contributed by atoms with Crippen molar-refractivity contribution in [1.82, 2.24) is 4.90 Å². The molecular weight excluding hydrogens is 298 g/mol. The Kier molecular flexibility index (Phi) is 6.26. The highest BCUT2D eigenvalue weighted by molar-refractivity contribution is 9.10. The summed E-state index contributed by atoms with van der Waals surface area (Å²) in [6, 6.07) is 7.44. The number of ether oxygens (including phenoxy) is 1. The van der Waals surface area contributed by atoms with E-state index < -0.39 is 5.97 Å². The zero-order chi connectivity index (χ0) is 13.4. The van der Waals surface area contributed by atoms with Crippen LogP contribution in [0.15, 0.2) is 28.7 Å². The molecule has 0 bridgehead atoms. The molecule has 0 aliphatic carbocycles. The van der Waals surface area contributed by atoms with E-state index in [0.29, 0.717) is 19.7 Å². The summed E-state index contributed by atoms with van der Waals surface area (Å²) in [7, 11) is 0. The second-order valence-electron chi connectivity index (χ2n) is 3.61. The van der Waals surface area contributed by atoms with E-state index in [2.05, 4.69) is 21.9 Å². The van der Waals surface area contributed by atoms with Crippen LogP contribution in [0.2, 0.25) is 0 Å². The fraction of sp³-hybridized carbons (Fsp3) is 0.308. The Morgan fingerprint density at radius 2 is 2.11 bits per heavy atom. The lowest BCUT2D eigenvalue weighted by molar-refractivity contribution is -0.138. The van der Waals surface area contributed by atoms with Crippen molar-refractivity contribution in [2.24, 2.45) is 0 Å². The van der Waals surface area contributed by atoms with E-state index in [1.165, 1.54) is 0 Å². The number of aliphatic carboxylic acids is 1. The van der Waals surface area contributed by atoms with Gasteiger partial charge in [0.1, 0.15) is 12.4 Å². The third kappa shape index (κ3) is 5.71. The van der Waals surface area contributed by atoms with Crippen LogP contribution in [0.3, 0.4) is 0 Å². The fourth-order valence-electron chi connectivity index (χ4n) is 1.36. The van der Waals surface area contributed by atoms with Gasteiger partial charge < -0.3 is 9.84 Å². The van der Waals surface area contributed by atoms with E-state index in [0.717, 1.165) is 10.2 Å². The second kappa shape index (κ2) is 7.75. The molecule has 0 fully saturated rings. The molecule has 0 atom stereocenters. The molecule has 1 N–H and O–H groups in total. The Labute approximate surface area is 115 Å². The molecule has 0 saturated heterocycles. The largest absolute Gasteiger partial charge is 0.492 e. The molecule has 96 valence electrons. The third-order valence-electron chi connectivity index (χ3n) is 2.16. The summed E-state index contributed by atoms with van der Waals surface area (Å²) in [4.78, 5) is 12.2. The van der Waals surface area contributed by atoms with Crippen molar-refractivity contribution in [3.05, 3.63) is 28.7 Å². The van der Waals surface area contributed by atoms with Gasteiger partial charge in [-0.15, -0.1) is 6.42 Å². The average Bonchev–Trinajstić information content (AvgIpc) is 2.31. The first-order valence-electron chi connectivity index (χ1n) is 5.38. The van der Waals surface area contributed by atoms with Gasteiger partial charge in [0.15, 0.2) is 0 Å². The molecule has 0 aliphatic rings. The number of carboxylic acids is 1. The zero-order valence-corrected chi connectivity index (χ0v) is 11.4. The lowest BCUT2D eigenvalue weighted by atomic mass is 10.3. The van der Waals surface area contributed by atoms with Crippen molar-refractivity contribution < 1.29 is 14.6 Å². The van der Waals surface area contributed by atoms with Crippen molar-refractivity contribution in [2.45, 2.75) is 0 Å². The summed E-state index contributed by atoms with van der Waals surface area (Å²) in [5, 5.41) is 8.70. The number of nitrogens with zero attached hydrogens (tertiary/aromatic N) is 1. The Morgan fingerprint density at radius 1 is 1.44 bits per heavy atom. The molecular formula is C13H14BrNO3. The van der Waals surface area contributed by atoms with E-state index in [1.54, 1.807) is 4.90 Å². The SMILES string of the molecule is C#CCN(CCOc1ccc(Br)cc1)CC(=O)O. The Bertz CT molecular complexity index is 425. The number of benzene rings is 1. The summed E-state index contributed by atoms with van der Waals surface area (Å²) in [6.07, 6.45) is 5.17. The molecule has 1 aromatic carbocycles. The molecule has 0 aliphatic heterocycles. The van der Waals surface area contributed by atoms with Gasteiger partial charge in [-0.05, 0) is 24.3 Å². The molecule has 0 radical (unpaired) electrons. The van der Waals surface area contributed by atoms with Crippen LogP contribution in [0.4, 0.5) is 0 Å². The van der Waals surface area contributed by atoms with E-state index in [9.17, 15) is 4.79 Å². The summed E-state index contributed by atoms with van der Waals surface area (Å²) in [5.41, 5.74) is 0. The van der Waals surface area contributed by atoms with Gasteiger partial charge in [-0.2, -0.15) is 0 Å². The van der Waals surface area contributed by atoms with Gasteiger partial charge >= 0.3 is 5.97 Å². The Morgan fingerprint density at radius 3 is 2.67 bits per heavy atom. The van der Waals surface area contributed by atoms with Gasteiger partial charge in [-0.1, -0.05) is 21.9 Å². The molecule has 0 spiro atoms. The van der Waals surface area contributed by atoms with Crippen LogP contribution in [-0.4, -0.2) is 42.2 Å². The van der Waals surface area contributed by atoms with E-state index in [-0.39, 0.29) is 6.54 Å². The quantitative estimate of drug-likeness (QED) is 0.781. The summed E-state index contributed by atoms with van der Waals surface area (Å²) in [6.45, 7) is 1.10. The maximum atomic E-state index is 10.6. The first kappa shape index (κ1) is 14.6. The van der Waals surface area contributed by atoms with Crippen molar-refractivity contribution in [2.75, 3.05) is 26.2 Å². The average molecular weight is 312 g/mol. The highest BCUT2D eigenvalue weighted by atomic mass is 79.9. The first-order valence-corrected chi connectivity index (χ1v) is 6.17. The minimum absolute atomic E-state index is 0.0755. The van der Waals surface area contributed by atoms with Crippen LogP contribution in [0.25, 0.3) is 0 Å². The van der Waals surface area contributed by atoms with E-state index in [1.807, 2.05) is 24.3 Å². The number of halogens is 1. The highest BCUT2D eigenvalue weighted by Gasteiger charge is 2.08. The highest BCUT2D eigenvalue weighted by Crippen LogP contribution is 2.15. The molecule has 5 heteroatoms. The van der Waals surface area contributed by atoms with E-state index in [4.69, 9.17) is 16.3 Å². The number of rotatable bonds is 7. The van der Waals surface area contributed by atoms with Crippen molar-refractivity contribution in [1.29, 1.82) is 0 Å². The number of hydrogen-bond acceptors (Lipinski definition) is 3. The molecule has 0 heterocycles. The molecule has 1 aromatic rings. The van der Waals surface area contributed by atoms with Gasteiger partial charge in [0.25, 0.3) is 0 Å². The van der Waals surface area contributed by atoms with Gasteiger partial charge in [0.05, 0.1) is 13.1 Å². The molecule has 4 nitrogen and oxygen atoms in total. The number of terminal acetylenes is 1. The predicted octanol–water partition coefficient (Wildman–Crippen LogP) is 1.85. The third-order valence-corrected chi connectivity index (χ3v) is 2.69. The zero-order valence-electron chi connectivity index (χ0n) is 9.80. The number of carbonyl (C=O) groups is 1. The molecule has 18 heavy (non-hydrogen) atoms. The molecule has 0 amide bonds. The lowest BCUT2D eigenvalue weighted by Gasteiger charge is -2.17. The normalized spacial score (nSPS) is 10.1. The monoisotopic (exact) mass is 311 g/mol. The standard InChI is InChI=1S/C13H14BrNO3/c1-2-7-15(10-13(16)17)8-9-18-12-5-3-11(14)4-6-12/h1,3-6H,7-10H2,(H,16,17). The van der Waals surface area contributed by atoms with E-state index >= 15 is 0 Å². The number of hydrogen-bond donors (Lipinski definition) is 1. The number of carboxylic acid groups (broad SMARTS) is 1. The summed E-state index contributed by atoms with van der Waals surface area (Å²) < 4.78 is 6.48. The van der Waals surface area contributed by atoms with Crippen LogP contribution in [0.1, 0.15) is 0 Å². The van der Waals surface area contributed by atoms with Crippen LogP contribution in [0, 0.1) is 12.3 Å². The topological polar surface area (TPSA) is 49.8 Å². The Balaban J connectivity index is 2.36. The fourth-order valence-corrected chi connectivity index (χ4v) is 1.62. The molecule has 1 rings (SSSR count). The molecule has 0 saturated carbocycles. The summed E-state index contributed by atoms with van der Waals surface area (Å²) in [5.74, 6) is 2.28. The van der Waals surface area contributed by atoms with Crippen LogP contribution >= 0.6 is 15.9 Å². The van der Waals surface area contributed by atoms with Crippen molar-refractivity contribution in [3.8, 4) is 18.1 Å². The van der Waals surface area contributed by atoms with Gasteiger partial charge in [0, 0.05) is 11.0 Å². The first-order chi connectivity index (χ1) is 8.61. The predicted molar refractivity (Wildman–Crippen MR) is 72.5 cm³/mol. The van der Waals surface area contributed by atoms with Gasteiger partial charge in [-0.25, -0.2) is 0 Å². The van der Waals surface area contributed by atoms with Gasteiger partial charge in [-0.3, -0.25) is 9.69 Å². The second-order valence-corrected chi connectivity index (χ2v) is 4.53. The maximum absolute atomic E-state index is 10.6. The van der Waals surface area contributed by atoms with Crippen LogP contribution in [0.5, 0.6) is 5.75 Å². The lowest BCUT2D eigenvalue weighted by Crippen LogP contribution is -2.33.